The highest BCUT2D eigenvalue weighted by atomic mass is 15.2. The number of nitrogens with one attached hydrogen (secondary N) is 3. The topological polar surface area (TPSA) is 120 Å². The van der Waals surface area contributed by atoms with Gasteiger partial charge in [0.25, 0.3) is 0 Å². The van der Waals surface area contributed by atoms with E-state index in [2.05, 4.69) is 35.7 Å². The van der Waals surface area contributed by atoms with Crippen LogP contribution in [-0.4, -0.2) is 66.2 Å². The van der Waals surface area contributed by atoms with Gasteiger partial charge in [-0.25, -0.2) is 4.98 Å². The molecule has 0 amide bonds. The average molecular weight is 420 g/mol. The second-order valence-corrected chi connectivity index (χ2v) is 7.47. The molecule has 0 atom stereocenters. The van der Waals surface area contributed by atoms with Gasteiger partial charge in [-0.05, 0) is 32.0 Å². The van der Waals surface area contributed by atoms with E-state index in [9.17, 15) is 0 Å². The Labute approximate surface area is 181 Å². The summed E-state index contributed by atoms with van der Waals surface area (Å²) in [6, 6.07) is 5.82. The summed E-state index contributed by atoms with van der Waals surface area (Å²) in [4.78, 5) is 15.9. The third kappa shape index (κ3) is 4.66. The highest BCUT2D eigenvalue weighted by Gasteiger charge is 2.16. The van der Waals surface area contributed by atoms with E-state index in [1.165, 1.54) is 0 Å². The molecular weight excluding hydrogens is 390 g/mol. The van der Waals surface area contributed by atoms with Crippen LogP contribution in [-0.2, 0) is 0 Å². The van der Waals surface area contributed by atoms with E-state index < -0.39 is 0 Å². The van der Waals surface area contributed by atoms with Gasteiger partial charge in [0.05, 0.1) is 23.1 Å². The number of aromatic nitrogens is 4. The van der Waals surface area contributed by atoms with Crippen molar-refractivity contribution in [3.8, 4) is 11.4 Å². The van der Waals surface area contributed by atoms with Crippen LogP contribution in [0, 0.1) is 0 Å². The van der Waals surface area contributed by atoms with Gasteiger partial charge in [0, 0.05) is 68.4 Å². The first-order valence-electron chi connectivity index (χ1n) is 10.6. The van der Waals surface area contributed by atoms with Crippen molar-refractivity contribution >= 4 is 34.2 Å². The van der Waals surface area contributed by atoms with Crippen LogP contribution in [0.3, 0.4) is 0 Å². The number of aromatic amines is 1. The van der Waals surface area contributed by atoms with Crippen LogP contribution in [0.15, 0.2) is 35.6 Å². The van der Waals surface area contributed by atoms with Crippen molar-refractivity contribution in [1.29, 1.82) is 0 Å². The molecule has 0 aliphatic carbocycles. The summed E-state index contributed by atoms with van der Waals surface area (Å²) in [7, 11) is 1.75. The third-order valence-electron chi connectivity index (χ3n) is 5.21. The number of nitrogens with two attached hydrogens (primary N) is 1. The number of nitrogen functional groups attached to an aromatic ring is 1. The first kappa shape index (κ1) is 20.8. The standard InChI is InChI=1S/C22H29N9/c1-3-25-13-15(12-24-2)18-11-17-20(14-27-18)29-30-22(17)19-9-16(23)10-21(28-19)31-7-4-5-26-6-8-31/h9-14,25-26H,3-8H2,1-2H3,(H2,23,28)(H,29,30)/b15-13+,24-12?. The van der Waals surface area contributed by atoms with E-state index in [1.54, 1.807) is 19.5 Å². The normalized spacial score (nSPS) is 15.5. The second kappa shape index (κ2) is 9.57. The predicted octanol–water partition coefficient (Wildman–Crippen LogP) is 2.05. The SMILES string of the molecule is CCN/C=C(\C=NC)c1cc2c(-c3cc(N)cc(N4CCCNCC4)n3)n[nH]c2cn1. The summed E-state index contributed by atoms with van der Waals surface area (Å²) in [5, 5.41) is 15.2. The number of hydrogen-bond donors (Lipinski definition) is 4. The predicted molar refractivity (Wildman–Crippen MR) is 127 cm³/mol. The lowest BCUT2D eigenvalue weighted by Crippen LogP contribution is -2.28. The molecule has 1 fully saturated rings. The molecule has 4 heterocycles. The maximum absolute atomic E-state index is 6.26. The zero-order valence-electron chi connectivity index (χ0n) is 18.0. The summed E-state index contributed by atoms with van der Waals surface area (Å²) >= 11 is 0. The van der Waals surface area contributed by atoms with Gasteiger partial charge in [0.15, 0.2) is 0 Å². The number of rotatable bonds is 6. The zero-order chi connectivity index (χ0) is 21.6. The van der Waals surface area contributed by atoms with Crippen molar-refractivity contribution < 1.29 is 0 Å². The minimum absolute atomic E-state index is 0.675. The molecule has 0 aromatic carbocycles. The second-order valence-electron chi connectivity index (χ2n) is 7.47. The van der Waals surface area contributed by atoms with Crippen LogP contribution in [0.2, 0.25) is 0 Å². The van der Waals surface area contributed by atoms with Crippen molar-refractivity contribution in [1.82, 2.24) is 30.8 Å². The lowest BCUT2D eigenvalue weighted by molar-refractivity contribution is 0.724. The molecule has 9 heteroatoms. The number of anilines is 2. The van der Waals surface area contributed by atoms with Gasteiger partial charge >= 0.3 is 0 Å². The molecule has 3 aromatic heterocycles. The van der Waals surface area contributed by atoms with E-state index in [0.717, 1.165) is 78.5 Å². The Balaban J connectivity index is 1.76. The molecule has 4 rings (SSSR count). The molecule has 0 spiro atoms. The molecule has 162 valence electrons. The van der Waals surface area contributed by atoms with E-state index in [0.29, 0.717) is 5.69 Å². The quantitative estimate of drug-likeness (QED) is 0.451. The van der Waals surface area contributed by atoms with Gasteiger partial charge in [0.2, 0.25) is 0 Å². The lowest BCUT2D eigenvalue weighted by Gasteiger charge is -2.22. The summed E-state index contributed by atoms with van der Waals surface area (Å²) in [5.74, 6) is 0.884. The molecule has 9 nitrogen and oxygen atoms in total. The van der Waals surface area contributed by atoms with Gasteiger partial charge < -0.3 is 21.3 Å². The minimum atomic E-state index is 0.675. The highest BCUT2D eigenvalue weighted by molar-refractivity contribution is 6.10. The van der Waals surface area contributed by atoms with Gasteiger partial charge in [-0.3, -0.25) is 15.1 Å². The molecule has 0 bridgehead atoms. The summed E-state index contributed by atoms with van der Waals surface area (Å²) in [6.07, 6.45) is 6.58. The molecule has 3 aromatic rings. The fourth-order valence-corrected chi connectivity index (χ4v) is 3.69. The van der Waals surface area contributed by atoms with Gasteiger partial charge in [0.1, 0.15) is 11.5 Å². The van der Waals surface area contributed by atoms with Gasteiger partial charge in [-0.1, -0.05) is 0 Å². The van der Waals surface area contributed by atoms with Crippen molar-refractivity contribution in [2.45, 2.75) is 13.3 Å². The van der Waals surface area contributed by atoms with Crippen molar-refractivity contribution in [2.75, 3.05) is 50.4 Å². The Morgan fingerprint density at radius 2 is 2.19 bits per heavy atom. The van der Waals surface area contributed by atoms with Crippen LogP contribution >= 0.6 is 0 Å². The molecule has 1 saturated heterocycles. The minimum Gasteiger partial charge on any atom is -0.399 e. The molecule has 5 N–H and O–H groups in total. The Morgan fingerprint density at radius 1 is 1.29 bits per heavy atom. The Morgan fingerprint density at radius 3 is 3.03 bits per heavy atom. The van der Waals surface area contributed by atoms with Gasteiger partial charge in [-0.15, -0.1) is 0 Å². The number of pyridine rings is 2. The Bertz CT molecular complexity index is 1090. The number of aliphatic imine (C=N–C) groups is 1. The lowest BCUT2D eigenvalue weighted by atomic mass is 10.1. The number of H-pyrrole nitrogens is 1. The summed E-state index contributed by atoms with van der Waals surface area (Å²) in [5.41, 5.74) is 11.0. The largest absolute Gasteiger partial charge is 0.399 e. The first-order chi connectivity index (χ1) is 15.2. The van der Waals surface area contributed by atoms with E-state index in [-0.39, 0.29) is 0 Å². The monoisotopic (exact) mass is 419 g/mol. The van der Waals surface area contributed by atoms with Crippen molar-refractivity contribution in [2.24, 2.45) is 4.99 Å². The molecule has 31 heavy (non-hydrogen) atoms. The number of nitrogens with zero attached hydrogens (tertiary/aromatic N) is 5. The van der Waals surface area contributed by atoms with Crippen molar-refractivity contribution in [3.05, 3.63) is 36.3 Å². The molecule has 1 aliphatic heterocycles. The number of hydrogen-bond acceptors (Lipinski definition) is 8. The number of fused-ring (bicyclic) bond motifs is 1. The average Bonchev–Trinajstić information content (AvgIpc) is 3.00. The smallest absolute Gasteiger partial charge is 0.131 e. The van der Waals surface area contributed by atoms with Crippen molar-refractivity contribution in [3.63, 3.8) is 0 Å². The highest BCUT2D eigenvalue weighted by Crippen LogP contribution is 2.29. The fraction of sp³-hybridized carbons (Fsp3) is 0.364. The fourth-order valence-electron chi connectivity index (χ4n) is 3.69. The van der Waals surface area contributed by atoms with Crippen LogP contribution in [0.4, 0.5) is 11.5 Å². The van der Waals surface area contributed by atoms with E-state index in [1.807, 2.05) is 31.3 Å². The third-order valence-corrected chi connectivity index (χ3v) is 5.21. The number of allylic oxidation sites excluding steroid dienone is 1. The maximum Gasteiger partial charge on any atom is 0.131 e. The molecule has 0 saturated carbocycles. The molecule has 0 radical (unpaired) electrons. The Kier molecular flexibility index (Phi) is 6.42. The molecular formula is C22H29N9. The van der Waals surface area contributed by atoms with Gasteiger partial charge in [-0.2, -0.15) is 5.10 Å². The van der Waals surface area contributed by atoms with Crippen LogP contribution in [0.25, 0.3) is 27.9 Å². The Hall–Kier alpha value is -3.46. The van der Waals surface area contributed by atoms with Crippen LogP contribution < -0.4 is 21.3 Å². The summed E-state index contributed by atoms with van der Waals surface area (Å²) < 4.78 is 0. The first-order valence-corrected chi connectivity index (χ1v) is 10.6. The molecule has 0 unspecified atom stereocenters. The summed E-state index contributed by atoms with van der Waals surface area (Å²) in [6.45, 7) is 6.68. The van der Waals surface area contributed by atoms with Crippen LogP contribution in [0.1, 0.15) is 19.0 Å². The van der Waals surface area contributed by atoms with E-state index >= 15 is 0 Å². The van der Waals surface area contributed by atoms with Crippen LogP contribution in [0.5, 0.6) is 0 Å². The maximum atomic E-state index is 6.26. The molecule has 1 aliphatic rings. The van der Waals surface area contributed by atoms with E-state index in [4.69, 9.17) is 10.7 Å². The zero-order valence-corrected chi connectivity index (χ0v) is 18.0.